The Morgan fingerprint density at radius 2 is 1.52 bits per heavy atom. The van der Waals surface area contributed by atoms with Crippen LogP contribution in [0.5, 0.6) is 0 Å². The lowest BCUT2D eigenvalue weighted by Crippen LogP contribution is -2.14. The Balaban J connectivity index is 0.000000728. The van der Waals surface area contributed by atoms with Gasteiger partial charge >= 0.3 is 6.18 Å². The van der Waals surface area contributed by atoms with E-state index in [4.69, 9.17) is 0 Å². The predicted octanol–water partition coefficient (Wildman–Crippen LogP) is 6.78. The Hall–Kier alpha value is -1.52. The minimum absolute atomic E-state index is 0.0284. The number of aromatic nitrogens is 2. The number of fused-ring (bicyclic) bond motifs is 1. The first kappa shape index (κ1) is 21.5. The Morgan fingerprint density at radius 1 is 1.00 bits per heavy atom. The molecular weight excluding hydrogens is 301 g/mol. The van der Waals surface area contributed by atoms with Crippen molar-refractivity contribution in [3.63, 3.8) is 0 Å². The van der Waals surface area contributed by atoms with Crippen LogP contribution >= 0.6 is 0 Å². The Labute approximate surface area is 137 Å². The van der Waals surface area contributed by atoms with Crippen LogP contribution in [0.3, 0.4) is 0 Å². The van der Waals surface area contributed by atoms with Crippen LogP contribution in [0.4, 0.5) is 13.2 Å². The maximum atomic E-state index is 12.9. The van der Waals surface area contributed by atoms with Gasteiger partial charge in [0.25, 0.3) is 0 Å². The van der Waals surface area contributed by atoms with E-state index in [1.165, 1.54) is 4.57 Å². The van der Waals surface area contributed by atoms with Crippen molar-refractivity contribution in [1.82, 2.24) is 9.55 Å². The highest BCUT2D eigenvalue weighted by Gasteiger charge is 2.41. The summed E-state index contributed by atoms with van der Waals surface area (Å²) in [5.74, 6) is -0.763. The molecule has 1 aromatic heterocycles. The summed E-state index contributed by atoms with van der Waals surface area (Å²) in [6.07, 6.45) is -2.76. The van der Waals surface area contributed by atoms with Crippen LogP contribution in [-0.2, 0) is 6.18 Å². The van der Waals surface area contributed by atoms with Gasteiger partial charge in [-0.25, -0.2) is 4.98 Å². The second-order valence-electron chi connectivity index (χ2n) is 4.53. The van der Waals surface area contributed by atoms with Crippen LogP contribution in [0.15, 0.2) is 18.2 Å². The fourth-order valence-electron chi connectivity index (χ4n) is 2.11. The molecular formula is C18H29F3N2. The maximum absolute atomic E-state index is 12.9. The summed E-state index contributed by atoms with van der Waals surface area (Å²) in [5, 5.41) is 0. The van der Waals surface area contributed by atoms with Gasteiger partial charge in [0.05, 0.1) is 11.0 Å². The average Bonchev–Trinajstić information content (AvgIpc) is 3.32. The molecule has 0 aliphatic heterocycles. The van der Waals surface area contributed by atoms with Gasteiger partial charge in [-0.1, -0.05) is 47.6 Å². The second kappa shape index (κ2) is 9.58. The largest absolute Gasteiger partial charge is 0.449 e. The number of nitrogens with zero attached hydrogens (tertiary/aromatic N) is 2. The standard InChI is InChI=1S/C12H11F3N2.3C2H6/c1-7-2-5-10-9(6-7)16-11(12(13,14)15)17(10)8-3-4-8;3*1-2/h2,5-6,8H,3-4H2,1H3;3*1-2H3. The van der Waals surface area contributed by atoms with Crippen LogP contribution in [0.2, 0.25) is 0 Å². The van der Waals surface area contributed by atoms with Crippen molar-refractivity contribution in [2.24, 2.45) is 0 Å². The van der Waals surface area contributed by atoms with E-state index in [1.54, 1.807) is 12.1 Å². The molecule has 0 radical (unpaired) electrons. The molecule has 2 aromatic rings. The molecule has 1 fully saturated rings. The predicted molar refractivity (Wildman–Crippen MR) is 91.8 cm³/mol. The summed E-state index contributed by atoms with van der Waals surface area (Å²) in [4.78, 5) is 3.74. The number of hydrogen-bond donors (Lipinski definition) is 0. The van der Waals surface area contributed by atoms with Crippen molar-refractivity contribution in [2.45, 2.75) is 73.5 Å². The summed E-state index contributed by atoms with van der Waals surface area (Å²) in [6.45, 7) is 13.9. The molecule has 132 valence electrons. The van der Waals surface area contributed by atoms with Gasteiger partial charge in [0.2, 0.25) is 5.82 Å². The number of alkyl halides is 3. The highest BCUT2D eigenvalue weighted by atomic mass is 19.4. The third kappa shape index (κ3) is 5.26. The molecule has 1 aliphatic rings. The minimum atomic E-state index is -4.38. The van der Waals surface area contributed by atoms with E-state index in [1.807, 2.05) is 54.5 Å². The third-order valence-electron chi connectivity index (χ3n) is 3.01. The Bertz CT molecular complexity index is 582. The molecule has 3 rings (SSSR count). The fraction of sp³-hybridized carbons (Fsp3) is 0.611. The van der Waals surface area contributed by atoms with Crippen molar-refractivity contribution in [3.05, 3.63) is 29.6 Å². The number of rotatable bonds is 1. The van der Waals surface area contributed by atoms with Gasteiger partial charge in [-0.3, -0.25) is 0 Å². The summed E-state index contributed by atoms with van der Waals surface area (Å²) in [5.41, 5.74) is 1.95. The monoisotopic (exact) mass is 330 g/mol. The molecule has 0 spiro atoms. The van der Waals surface area contributed by atoms with Crippen LogP contribution in [0, 0.1) is 6.92 Å². The summed E-state index contributed by atoms with van der Waals surface area (Å²) >= 11 is 0. The molecule has 0 bridgehead atoms. The molecule has 0 atom stereocenters. The van der Waals surface area contributed by atoms with Crippen molar-refractivity contribution < 1.29 is 13.2 Å². The highest BCUT2D eigenvalue weighted by Crippen LogP contribution is 2.42. The van der Waals surface area contributed by atoms with Crippen molar-refractivity contribution in [2.75, 3.05) is 0 Å². The summed E-state index contributed by atoms with van der Waals surface area (Å²) in [7, 11) is 0. The first-order chi connectivity index (χ1) is 11.0. The molecule has 0 N–H and O–H groups in total. The zero-order valence-corrected chi connectivity index (χ0v) is 15.3. The molecule has 1 aromatic carbocycles. The van der Waals surface area contributed by atoms with E-state index in [-0.39, 0.29) is 6.04 Å². The lowest BCUT2D eigenvalue weighted by molar-refractivity contribution is -0.147. The molecule has 23 heavy (non-hydrogen) atoms. The number of benzene rings is 1. The lowest BCUT2D eigenvalue weighted by atomic mass is 10.2. The number of hydrogen-bond acceptors (Lipinski definition) is 1. The topological polar surface area (TPSA) is 17.8 Å². The molecule has 2 nitrogen and oxygen atoms in total. The molecule has 5 heteroatoms. The van der Waals surface area contributed by atoms with E-state index < -0.39 is 12.0 Å². The first-order valence-electron chi connectivity index (χ1n) is 8.52. The maximum Gasteiger partial charge on any atom is 0.449 e. The Morgan fingerprint density at radius 3 is 1.96 bits per heavy atom. The van der Waals surface area contributed by atoms with Crippen LogP contribution < -0.4 is 0 Å². The molecule has 1 aliphatic carbocycles. The van der Waals surface area contributed by atoms with Crippen molar-refractivity contribution in [3.8, 4) is 0 Å². The summed E-state index contributed by atoms with van der Waals surface area (Å²) in [6, 6.07) is 5.22. The van der Waals surface area contributed by atoms with Gasteiger partial charge in [0.15, 0.2) is 0 Å². The van der Waals surface area contributed by atoms with E-state index in [0.29, 0.717) is 11.0 Å². The lowest BCUT2D eigenvalue weighted by Gasteiger charge is -2.09. The van der Waals surface area contributed by atoms with E-state index in [2.05, 4.69) is 4.98 Å². The van der Waals surface area contributed by atoms with Crippen LogP contribution in [-0.4, -0.2) is 9.55 Å². The zero-order chi connectivity index (χ0) is 18.2. The number of halogens is 3. The molecule has 0 saturated heterocycles. The van der Waals surface area contributed by atoms with Gasteiger partial charge in [-0.05, 0) is 37.5 Å². The van der Waals surface area contributed by atoms with Crippen LogP contribution in [0.1, 0.15) is 71.8 Å². The quantitative estimate of drug-likeness (QED) is 0.563. The fourth-order valence-corrected chi connectivity index (χ4v) is 2.11. The molecule has 1 heterocycles. The molecule has 1 saturated carbocycles. The summed E-state index contributed by atoms with van der Waals surface area (Å²) < 4.78 is 40.0. The normalized spacial score (nSPS) is 13.1. The molecule has 0 amide bonds. The van der Waals surface area contributed by atoms with Crippen molar-refractivity contribution in [1.29, 1.82) is 0 Å². The highest BCUT2D eigenvalue weighted by molar-refractivity contribution is 5.77. The van der Waals surface area contributed by atoms with Gasteiger partial charge < -0.3 is 4.57 Å². The zero-order valence-electron chi connectivity index (χ0n) is 15.3. The SMILES string of the molecule is CC.CC.CC.Cc1ccc2c(c1)nc(C(F)(F)F)n2C1CC1. The minimum Gasteiger partial charge on any atom is -0.317 e. The van der Waals surface area contributed by atoms with Gasteiger partial charge in [0.1, 0.15) is 0 Å². The van der Waals surface area contributed by atoms with Crippen molar-refractivity contribution >= 4 is 11.0 Å². The second-order valence-corrected chi connectivity index (χ2v) is 4.53. The van der Waals surface area contributed by atoms with Crippen LogP contribution in [0.25, 0.3) is 11.0 Å². The first-order valence-corrected chi connectivity index (χ1v) is 8.52. The van der Waals surface area contributed by atoms with E-state index in [9.17, 15) is 13.2 Å². The number of imidazole rings is 1. The Kier molecular flexibility index (Phi) is 8.95. The van der Waals surface area contributed by atoms with Gasteiger partial charge in [-0.15, -0.1) is 0 Å². The van der Waals surface area contributed by atoms with Gasteiger partial charge in [-0.2, -0.15) is 13.2 Å². The third-order valence-corrected chi connectivity index (χ3v) is 3.01. The molecule has 0 unspecified atom stereocenters. The number of aryl methyl sites for hydroxylation is 1. The van der Waals surface area contributed by atoms with E-state index in [0.717, 1.165) is 18.4 Å². The van der Waals surface area contributed by atoms with E-state index >= 15 is 0 Å². The average molecular weight is 330 g/mol. The van der Waals surface area contributed by atoms with Gasteiger partial charge in [0, 0.05) is 6.04 Å². The smallest absolute Gasteiger partial charge is 0.317 e.